The van der Waals surface area contributed by atoms with E-state index < -0.39 is 5.60 Å². The smallest absolute Gasteiger partial charge is 0.410 e. The molecule has 1 aliphatic heterocycles. The van der Waals surface area contributed by atoms with Crippen molar-refractivity contribution >= 4 is 18.0 Å². The minimum Gasteiger partial charge on any atom is -0.455 e. The van der Waals surface area contributed by atoms with Crippen LogP contribution in [0.1, 0.15) is 65.0 Å². The highest BCUT2D eigenvalue weighted by molar-refractivity contribution is 5.81. The molecular formula is C23H34N2O5. The zero-order chi connectivity index (χ0) is 22.1. The fourth-order valence-corrected chi connectivity index (χ4v) is 3.41. The number of carbonyl (C=O) groups excluding carboxylic acids is 3. The maximum Gasteiger partial charge on any atom is 0.410 e. The minimum atomic E-state index is -0.546. The third kappa shape index (κ3) is 7.69. The molecule has 7 nitrogen and oxygen atoms in total. The SMILES string of the molecule is CCC[C@@H](NC(=O)COC(=O)C1CCN(C(=O)OC(C)(C)C)CC1)c1ccccc1. The molecule has 30 heavy (non-hydrogen) atoms. The normalized spacial score (nSPS) is 15.9. The second-order valence-electron chi connectivity index (χ2n) is 8.67. The van der Waals surface area contributed by atoms with E-state index in [4.69, 9.17) is 9.47 Å². The molecule has 0 aromatic heterocycles. The molecule has 2 rings (SSSR count). The minimum absolute atomic E-state index is 0.0977. The molecular weight excluding hydrogens is 384 g/mol. The van der Waals surface area contributed by atoms with E-state index in [1.165, 1.54) is 0 Å². The second-order valence-corrected chi connectivity index (χ2v) is 8.67. The Hall–Kier alpha value is -2.57. The number of esters is 1. The van der Waals surface area contributed by atoms with E-state index in [1.807, 2.05) is 51.1 Å². The fourth-order valence-electron chi connectivity index (χ4n) is 3.41. The number of benzene rings is 1. The van der Waals surface area contributed by atoms with Gasteiger partial charge in [0.2, 0.25) is 0 Å². The third-order valence-electron chi connectivity index (χ3n) is 4.94. The van der Waals surface area contributed by atoms with Crippen LogP contribution in [0.15, 0.2) is 30.3 Å². The van der Waals surface area contributed by atoms with Crippen LogP contribution < -0.4 is 5.32 Å². The molecule has 1 N–H and O–H groups in total. The van der Waals surface area contributed by atoms with Crippen molar-refractivity contribution in [3.8, 4) is 0 Å². The molecule has 1 aromatic rings. The summed E-state index contributed by atoms with van der Waals surface area (Å²) in [6.45, 7) is 8.11. The summed E-state index contributed by atoms with van der Waals surface area (Å²) in [4.78, 5) is 38.4. The number of nitrogens with one attached hydrogen (secondary N) is 1. The highest BCUT2D eigenvalue weighted by atomic mass is 16.6. The van der Waals surface area contributed by atoms with Crippen molar-refractivity contribution in [3.63, 3.8) is 0 Å². The van der Waals surface area contributed by atoms with Crippen molar-refractivity contribution in [2.75, 3.05) is 19.7 Å². The Balaban J connectivity index is 1.76. The first-order valence-corrected chi connectivity index (χ1v) is 10.7. The summed E-state index contributed by atoms with van der Waals surface area (Å²) in [5.74, 6) is -1.00. The van der Waals surface area contributed by atoms with Gasteiger partial charge < -0.3 is 19.7 Å². The van der Waals surface area contributed by atoms with Crippen molar-refractivity contribution in [1.29, 1.82) is 0 Å². The Morgan fingerprint density at radius 3 is 2.33 bits per heavy atom. The monoisotopic (exact) mass is 418 g/mol. The molecule has 0 spiro atoms. The highest BCUT2D eigenvalue weighted by Gasteiger charge is 2.31. The van der Waals surface area contributed by atoms with E-state index in [-0.39, 0.29) is 36.5 Å². The van der Waals surface area contributed by atoms with E-state index in [0.717, 1.165) is 18.4 Å². The van der Waals surface area contributed by atoms with Crippen molar-refractivity contribution in [3.05, 3.63) is 35.9 Å². The van der Waals surface area contributed by atoms with Crippen LogP contribution in [-0.2, 0) is 19.1 Å². The molecule has 0 radical (unpaired) electrons. The number of piperidine rings is 1. The van der Waals surface area contributed by atoms with Gasteiger partial charge in [0.1, 0.15) is 5.60 Å². The van der Waals surface area contributed by atoms with Crippen LogP contribution in [0.3, 0.4) is 0 Å². The zero-order valence-corrected chi connectivity index (χ0v) is 18.5. The van der Waals surface area contributed by atoms with Gasteiger partial charge in [-0.2, -0.15) is 0 Å². The second kappa shape index (κ2) is 11.0. The van der Waals surface area contributed by atoms with Gasteiger partial charge in [-0.05, 0) is 45.6 Å². The molecule has 7 heteroatoms. The molecule has 1 aliphatic rings. The summed E-state index contributed by atoms with van der Waals surface area (Å²) < 4.78 is 10.6. The van der Waals surface area contributed by atoms with Crippen molar-refractivity contribution < 1.29 is 23.9 Å². The van der Waals surface area contributed by atoms with E-state index >= 15 is 0 Å². The van der Waals surface area contributed by atoms with E-state index in [2.05, 4.69) is 12.2 Å². The largest absolute Gasteiger partial charge is 0.455 e. The van der Waals surface area contributed by atoms with E-state index in [9.17, 15) is 14.4 Å². The van der Waals surface area contributed by atoms with Crippen LogP contribution in [0, 0.1) is 5.92 Å². The molecule has 0 saturated carbocycles. The molecule has 1 aromatic carbocycles. The quantitative estimate of drug-likeness (QED) is 0.680. The molecule has 0 bridgehead atoms. The van der Waals surface area contributed by atoms with Crippen LogP contribution in [0.25, 0.3) is 0 Å². The average Bonchev–Trinajstić information content (AvgIpc) is 2.71. The zero-order valence-electron chi connectivity index (χ0n) is 18.5. The number of hydrogen-bond donors (Lipinski definition) is 1. The lowest BCUT2D eigenvalue weighted by Crippen LogP contribution is -2.43. The Labute approximate surface area is 179 Å². The summed E-state index contributed by atoms with van der Waals surface area (Å²) in [6, 6.07) is 9.67. The lowest BCUT2D eigenvalue weighted by Gasteiger charge is -2.32. The average molecular weight is 419 g/mol. The number of likely N-dealkylation sites (tertiary alicyclic amines) is 1. The molecule has 1 fully saturated rings. The first kappa shape index (κ1) is 23.7. The Morgan fingerprint density at radius 1 is 1.13 bits per heavy atom. The van der Waals surface area contributed by atoms with Crippen molar-refractivity contribution in [2.45, 2.75) is 65.0 Å². The molecule has 1 heterocycles. The summed E-state index contributed by atoms with van der Waals surface area (Å²) in [5.41, 5.74) is 0.490. The predicted octanol–water partition coefficient (Wildman–Crippen LogP) is 3.83. The number of hydrogen-bond acceptors (Lipinski definition) is 5. The fraction of sp³-hybridized carbons (Fsp3) is 0.609. The van der Waals surface area contributed by atoms with E-state index in [0.29, 0.717) is 25.9 Å². The predicted molar refractivity (Wildman–Crippen MR) is 114 cm³/mol. The van der Waals surface area contributed by atoms with Crippen LogP contribution >= 0.6 is 0 Å². The van der Waals surface area contributed by atoms with Crippen LogP contribution in [0.2, 0.25) is 0 Å². The number of rotatable bonds is 7. The van der Waals surface area contributed by atoms with Gasteiger partial charge in [-0.25, -0.2) is 4.79 Å². The maximum absolute atomic E-state index is 12.4. The van der Waals surface area contributed by atoms with Gasteiger partial charge in [-0.1, -0.05) is 43.7 Å². The third-order valence-corrected chi connectivity index (χ3v) is 4.94. The van der Waals surface area contributed by atoms with Gasteiger partial charge in [0.25, 0.3) is 5.91 Å². The van der Waals surface area contributed by atoms with Gasteiger partial charge >= 0.3 is 12.1 Å². The molecule has 0 unspecified atom stereocenters. The van der Waals surface area contributed by atoms with Gasteiger partial charge in [-0.3, -0.25) is 9.59 Å². The molecule has 0 aliphatic carbocycles. The summed E-state index contributed by atoms with van der Waals surface area (Å²) in [5, 5.41) is 2.95. The molecule has 1 atom stereocenters. The number of carbonyl (C=O) groups is 3. The summed E-state index contributed by atoms with van der Waals surface area (Å²) in [6.07, 6.45) is 2.38. The van der Waals surface area contributed by atoms with Gasteiger partial charge in [0.05, 0.1) is 12.0 Å². The Morgan fingerprint density at radius 2 is 1.77 bits per heavy atom. The standard InChI is InChI=1S/C23H34N2O5/c1-5-9-19(17-10-7-6-8-11-17)24-20(26)16-29-21(27)18-12-14-25(15-13-18)22(28)30-23(2,3)4/h6-8,10-11,18-19H,5,9,12-16H2,1-4H3,(H,24,26)/t19-/m1/s1. The highest BCUT2D eigenvalue weighted by Crippen LogP contribution is 2.21. The Kier molecular flexibility index (Phi) is 8.69. The van der Waals surface area contributed by atoms with Gasteiger partial charge in [-0.15, -0.1) is 0 Å². The number of amides is 2. The van der Waals surface area contributed by atoms with Crippen molar-refractivity contribution in [1.82, 2.24) is 10.2 Å². The van der Waals surface area contributed by atoms with Crippen LogP contribution in [0.5, 0.6) is 0 Å². The van der Waals surface area contributed by atoms with Gasteiger partial charge in [0, 0.05) is 13.1 Å². The maximum atomic E-state index is 12.4. The molecule has 166 valence electrons. The lowest BCUT2D eigenvalue weighted by atomic mass is 9.97. The Bertz CT molecular complexity index is 706. The summed E-state index contributed by atoms with van der Waals surface area (Å²) >= 11 is 0. The number of ether oxygens (including phenoxy) is 2. The topological polar surface area (TPSA) is 84.9 Å². The molecule has 1 saturated heterocycles. The first-order valence-electron chi connectivity index (χ1n) is 10.7. The summed E-state index contributed by atoms with van der Waals surface area (Å²) in [7, 11) is 0. The van der Waals surface area contributed by atoms with Gasteiger partial charge in [0.15, 0.2) is 6.61 Å². The van der Waals surface area contributed by atoms with Crippen LogP contribution in [0.4, 0.5) is 4.79 Å². The van der Waals surface area contributed by atoms with Crippen molar-refractivity contribution in [2.24, 2.45) is 5.92 Å². The lowest BCUT2D eigenvalue weighted by molar-refractivity contribution is -0.154. The van der Waals surface area contributed by atoms with E-state index in [1.54, 1.807) is 4.90 Å². The first-order chi connectivity index (χ1) is 14.2. The number of nitrogens with zero attached hydrogens (tertiary/aromatic N) is 1. The molecule has 2 amide bonds. The van der Waals surface area contributed by atoms with Crippen LogP contribution in [-0.4, -0.2) is 48.2 Å².